The summed E-state index contributed by atoms with van der Waals surface area (Å²) in [4.78, 5) is 12.1. The van der Waals surface area contributed by atoms with Crippen molar-refractivity contribution in [3.63, 3.8) is 0 Å². The van der Waals surface area contributed by atoms with Crippen LogP contribution in [0.5, 0.6) is 5.75 Å². The topological polar surface area (TPSA) is 73.6 Å². The zero-order valence-corrected chi connectivity index (χ0v) is 12.9. The minimum absolute atomic E-state index is 0.00399. The van der Waals surface area contributed by atoms with Crippen LogP contribution in [-0.4, -0.2) is 30.8 Å². The highest BCUT2D eigenvalue weighted by atomic mass is 16.5. The first-order valence-corrected chi connectivity index (χ1v) is 7.43. The van der Waals surface area contributed by atoms with E-state index in [2.05, 4.69) is 5.32 Å². The summed E-state index contributed by atoms with van der Waals surface area (Å²) < 4.78 is 11.3. The van der Waals surface area contributed by atoms with E-state index >= 15 is 0 Å². The number of carbonyl (C=O) groups is 1. The van der Waals surface area contributed by atoms with Gasteiger partial charge in [0.25, 0.3) is 5.91 Å². The minimum atomic E-state index is -0.398. The molecule has 2 atom stereocenters. The second-order valence-electron chi connectivity index (χ2n) is 5.70. The van der Waals surface area contributed by atoms with Gasteiger partial charge < -0.3 is 20.5 Å². The van der Waals surface area contributed by atoms with Crippen LogP contribution in [0.3, 0.4) is 0 Å². The van der Waals surface area contributed by atoms with Gasteiger partial charge in [-0.3, -0.25) is 4.79 Å². The molecule has 0 unspecified atom stereocenters. The van der Waals surface area contributed by atoms with E-state index in [-0.39, 0.29) is 18.1 Å². The average molecular weight is 292 g/mol. The average Bonchev–Trinajstić information content (AvgIpc) is 2.90. The number of carbonyl (C=O) groups excluding carboxylic acids is 1. The molecule has 5 nitrogen and oxygen atoms in total. The lowest BCUT2D eigenvalue weighted by Crippen LogP contribution is -2.29. The fourth-order valence-electron chi connectivity index (χ4n) is 2.41. The van der Waals surface area contributed by atoms with Crippen molar-refractivity contribution in [2.24, 2.45) is 5.73 Å². The van der Waals surface area contributed by atoms with Crippen LogP contribution >= 0.6 is 0 Å². The maximum absolute atomic E-state index is 12.1. The SMILES string of the molecule is Cc1cc(NC(=O)[C@@H]2CC[C@H](CN)O2)ccc1OC(C)C. The third-order valence-electron chi connectivity index (χ3n) is 3.47. The summed E-state index contributed by atoms with van der Waals surface area (Å²) in [5, 5.41) is 2.89. The maximum Gasteiger partial charge on any atom is 0.253 e. The van der Waals surface area contributed by atoms with Gasteiger partial charge in [-0.1, -0.05) is 0 Å². The molecule has 1 saturated heterocycles. The molecule has 1 fully saturated rings. The molecule has 1 heterocycles. The Morgan fingerprint density at radius 3 is 2.81 bits per heavy atom. The number of amides is 1. The lowest BCUT2D eigenvalue weighted by atomic mass is 10.1. The molecule has 5 heteroatoms. The molecule has 1 aromatic rings. The molecule has 1 aromatic carbocycles. The van der Waals surface area contributed by atoms with Crippen LogP contribution in [0.25, 0.3) is 0 Å². The molecule has 1 aliphatic rings. The molecule has 116 valence electrons. The molecule has 3 N–H and O–H groups in total. The molecule has 21 heavy (non-hydrogen) atoms. The van der Waals surface area contributed by atoms with Gasteiger partial charge >= 0.3 is 0 Å². The number of hydrogen-bond donors (Lipinski definition) is 2. The smallest absolute Gasteiger partial charge is 0.253 e. The van der Waals surface area contributed by atoms with Crippen molar-refractivity contribution in [2.75, 3.05) is 11.9 Å². The first-order valence-electron chi connectivity index (χ1n) is 7.43. The fourth-order valence-corrected chi connectivity index (χ4v) is 2.41. The monoisotopic (exact) mass is 292 g/mol. The van der Waals surface area contributed by atoms with E-state index in [1.165, 1.54) is 0 Å². The number of nitrogens with one attached hydrogen (secondary N) is 1. The van der Waals surface area contributed by atoms with E-state index in [0.717, 1.165) is 29.8 Å². The van der Waals surface area contributed by atoms with Crippen molar-refractivity contribution in [1.82, 2.24) is 0 Å². The van der Waals surface area contributed by atoms with Crippen LogP contribution < -0.4 is 15.8 Å². The van der Waals surface area contributed by atoms with E-state index in [9.17, 15) is 4.79 Å². The largest absolute Gasteiger partial charge is 0.491 e. The lowest BCUT2D eigenvalue weighted by Gasteiger charge is -2.15. The summed E-state index contributed by atoms with van der Waals surface area (Å²) in [6.45, 7) is 6.40. The van der Waals surface area contributed by atoms with Gasteiger partial charge in [0.05, 0.1) is 12.2 Å². The van der Waals surface area contributed by atoms with Crippen molar-refractivity contribution >= 4 is 11.6 Å². The van der Waals surface area contributed by atoms with E-state index in [4.69, 9.17) is 15.2 Å². The molecule has 2 rings (SSSR count). The van der Waals surface area contributed by atoms with Crippen molar-refractivity contribution in [3.05, 3.63) is 23.8 Å². The summed E-state index contributed by atoms with van der Waals surface area (Å²) in [6.07, 6.45) is 1.30. The number of aryl methyl sites for hydroxylation is 1. The number of rotatable bonds is 5. The summed E-state index contributed by atoms with van der Waals surface area (Å²) in [5.74, 6) is 0.728. The zero-order chi connectivity index (χ0) is 15.4. The fraction of sp³-hybridized carbons (Fsp3) is 0.562. The molecule has 0 bridgehead atoms. The molecular formula is C16H24N2O3. The Hall–Kier alpha value is -1.59. The van der Waals surface area contributed by atoms with Crippen LogP contribution in [0.2, 0.25) is 0 Å². The van der Waals surface area contributed by atoms with E-state index in [1.807, 2.05) is 39.0 Å². The van der Waals surface area contributed by atoms with E-state index in [1.54, 1.807) is 0 Å². The summed E-state index contributed by atoms with van der Waals surface area (Å²) in [5.41, 5.74) is 7.31. The predicted molar refractivity (Wildman–Crippen MR) is 82.5 cm³/mol. The van der Waals surface area contributed by atoms with Crippen LogP contribution in [0.1, 0.15) is 32.3 Å². The third kappa shape index (κ3) is 4.19. The van der Waals surface area contributed by atoms with Gasteiger partial charge in [-0.15, -0.1) is 0 Å². The van der Waals surface area contributed by atoms with Gasteiger partial charge in [0.1, 0.15) is 11.9 Å². The molecule has 0 saturated carbocycles. The van der Waals surface area contributed by atoms with Crippen molar-refractivity contribution < 1.29 is 14.3 Å². The second kappa shape index (κ2) is 6.91. The first-order chi connectivity index (χ1) is 9.99. The lowest BCUT2D eigenvalue weighted by molar-refractivity contribution is -0.126. The van der Waals surface area contributed by atoms with Crippen LogP contribution in [0, 0.1) is 6.92 Å². The second-order valence-corrected chi connectivity index (χ2v) is 5.70. The normalized spacial score (nSPS) is 21.6. The molecule has 0 radical (unpaired) electrons. The number of hydrogen-bond acceptors (Lipinski definition) is 4. The molecule has 0 aliphatic carbocycles. The van der Waals surface area contributed by atoms with Gasteiger partial charge in [0, 0.05) is 12.2 Å². The van der Waals surface area contributed by atoms with Crippen molar-refractivity contribution in [3.8, 4) is 5.75 Å². The molecule has 0 aromatic heterocycles. The highest BCUT2D eigenvalue weighted by Crippen LogP contribution is 2.24. The highest BCUT2D eigenvalue weighted by molar-refractivity contribution is 5.94. The summed E-state index contributed by atoms with van der Waals surface area (Å²) >= 11 is 0. The van der Waals surface area contributed by atoms with Gasteiger partial charge in [0.15, 0.2) is 0 Å². The van der Waals surface area contributed by atoms with Gasteiger partial charge in [-0.2, -0.15) is 0 Å². The maximum atomic E-state index is 12.1. The Labute approximate surface area is 125 Å². The van der Waals surface area contributed by atoms with E-state index < -0.39 is 6.10 Å². The number of benzene rings is 1. The first kappa shape index (κ1) is 15.8. The standard InChI is InChI=1S/C16H24N2O3/c1-10(2)20-14-6-4-12(8-11(14)3)18-16(19)15-7-5-13(9-17)21-15/h4,6,8,10,13,15H,5,7,9,17H2,1-3H3,(H,18,19)/t13-,15+/m1/s1. The Morgan fingerprint density at radius 2 is 2.24 bits per heavy atom. The van der Waals surface area contributed by atoms with Crippen LogP contribution in [-0.2, 0) is 9.53 Å². The molecular weight excluding hydrogens is 268 g/mol. The van der Waals surface area contributed by atoms with Gasteiger partial charge in [0.2, 0.25) is 0 Å². The van der Waals surface area contributed by atoms with Crippen molar-refractivity contribution in [1.29, 1.82) is 0 Å². The number of nitrogens with two attached hydrogens (primary N) is 1. The van der Waals surface area contributed by atoms with Gasteiger partial charge in [-0.05, 0) is 57.4 Å². The van der Waals surface area contributed by atoms with E-state index in [0.29, 0.717) is 6.54 Å². The molecule has 1 amide bonds. The Bertz CT molecular complexity index is 502. The Balaban J connectivity index is 1.97. The summed E-state index contributed by atoms with van der Waals surface area (Å²) in [6, 6.07) is 5.63. The zero-order valence-electron chi connectivity index (χ0n) is 12.9. The number of anilines is 1. The Kier molecular flexibility index (Phi) is 5.20. The van der Waals surface area contributed by atoms with Gasteiger partial charge in [-0.25, -0.2) is 0 Å². The number of ether oxygens (including phenoxy) is 2. The minimum Gasteiger partial charge on any atom is -0.491 e. The quantitative estimate of drug-likeness (QED) is 0.873. The summed E-state index contributed by atoms with van der Waals surface area (Å²) in [7, 11) is 0. The van der Waals surface area contributed by atoms with Crippen LogP contribution in [0.15, 0.2) is 18.2 Å². The van der Waals surface area contributed by atoms with Crippen molar-refractivity contribution in [2.45, 2.75) is 51.9 Å². The molecule has 0 spiro atoms. The Morgan fingerprint density at radius 1 is 1.48 bits per heavy atom. The molecule has 1 aliphatic heterocycles. The predicted octanol–water partition coefficient (Wildman–Crippen LogP) is 2.23. The highest BCUT2D eigenvalue weighted by Gasteiger charge is 2.29. The third-order valence-corrected chi connectivity index (χ3v) is 3.47. The van der Waals surface area contributed by atoms with Crippen LogP contribution in [0.4, 0.5) is 5.69 Å².